The minimum atomic E-state index is -4.12. The van der Waals surface area contributed by atoms with Crippen LogP contribution in [0, 0.1) is 6.92 Å². The lowest BCUT2D eigenvalue weighted by Gasteiger charge is -2.34. The second-order valence-electron chi connectivity index (χ2n) is 9.79. The molecule has 2 amide bonds. The normalized spacial score (nSPS) is 12.1. The molecule has 0 radical (unpaired) electrons. The zero-order valence-corrected chi connectivity index (χ0v) is 24.6. The van der Waals surface area contributed by atoms with Crippen LogP contribution in [0.4, 0.5) is 5.69 Å². The van der Waals surface area contributed by atoms with E-state index in [1.807, 2.05) is 58.9 Å². The van der Waals surface area contributed by atoms with E-state index in [9.17, 15) is 18.0 Å². The van der Waals surface area contributed by atoms with E-state index in [1.54, 1.807) is 42.5 Å². The fourth-order valence-corrected chi connectivity index (χ4v) is 5.83. The monoisotopic (exact) mass is 565 g/mol. The van der Waals surface area contributed by atoms with Crippen molar-refractivity contribution in [3.8, 4) is 5.75 Å². The number of carbonyl (C=O) groups is 2. The minimum absolute atomic E-state index is 0.0618. The Labute approximate surface area is 238 Å². The summed E-state index contributed by atoms with van der Waals surface area (Å²) < 4.78 is 34.4. The number of benzene rings is 3. The lowest BCUT2D eigenvalue weighted by molar-refractivity contribution is -0.140. The summed E-state index contributed by atoms with van der Waals surface area (Å²) in [7, 11) is -4.12. The largest absolute Gasteiger partial charge is 0.494 e. The van der Waals surface area contributed by atoms with E-state index in [0.29, 0.717) is 24.5 Å². The van der Waals surface area contributed by atoms with Gasteiger partial charge in [0.1, 0.15) is 18.3 Å². The molecule has 214 valence electrons. The Hall–Kier alpha value is -3.85. The highest BCUT2D eigenvalue weighted by molar-refractivity contribution is 7.92. The molecule has 1 N–H and O–H groups in total. The van der Waals surface area contributed by atoms with Gasteiger partial charge >= 0.3 is 0 Å². The number of sulfonamides is 1. The maximum Gasteiger partial charge on any atom is 0.264 e. The van der Waals surface area contributed by atoms with Crippen LogP contribution in [0.25, 0.3) is 0 Å². The Morgan fingerprint density at radius 1 is 0.900 bits per heavy atom. The van der Waals surface area contributed by atoms with Crippen LogP contribution in [-0.2, 0) is 26.2 Å². The van der Waals surface area contributed by atoms with Gasteiger partial charge in [-0.05, 0) is 81.6 Å². The van der Waals surface area contributed by atoms with Crippen LogP contribution < -0.4 is 14.4 Å². The Kier molecular flexibility index (Phi) is 10.7. The molecule has 0 heterocycles. The third kappa shape index (κ3) is 7.63. The first-order valence-corrected chi connectivity index (χ1v) is 15.0. The SMILES string of the molecule is CCOc1ccc(N(CC(=O)N(Cc2ccccc2C)[C@H](CC)C(=O)NC(C)C)S(=O)(=O)c2ccccc2)cc1. The second-order valence-corrected chi connectivity index (χ2v) is 11.6. The fraction of sp³-hybridized carbons (Fsp3) is 0.355. The number of rotatable bonds is 13. The van der Waals surface area contributed by atoms with Crippen LogP contribution in [0.5, 0.6) is 5.75 Å². The third-order valence-electron chi connectivity index (χ3n) is 6.46. The maximum absolute atomic E-state index is 14.1. The van der Waals surface area contributed by atoms with Gasteiger partial charge in [0.25, 0.3) is 10.0 Å². The molecule has 0 aliphatic carbocycles. The van der Waals surface area contributed by atoms with Crippen LogP contribution in [-0.4, -0.2) is 50.4 Å². The van der Waals surface area contributed by atoms with Crippen molar-refractivity contribution in [2.45, 2.75) is 64.6 Å². The third-order valence-corrected chi connectivity index (χ3v) is 8.25. The zero-order chi connectivity index (χ0) is 29.3. The van der Waals surface area contributed by atoms with Gasteiger partial charge in [-0.15, -0.1) is 0 Å². The van der Waals surface area contributed by atoms with Gasteiger partial charge in [0, 0.05) is 12.6 Å². The topological polar surface area (TPSA) is 96.0 Å². The first-order valence-electron chi connectivity index (χ1n) is 13.5. The van der Waals surface area contributed by atoms with E-state index >= 15 is 0 Å². The number of aryl methyl sites for hydroxylation is 1. The Balaban J connectivity index is 2.06. The van der Waals surface area contributed by atoms with Crippen LogP contribution in [0.15, 0.2) is 83.8 Å². The van der Waals surface area contributed by atoms with E-state index in [0.717, 1.165) is 15.4 Å². The quantitative estimate of drug-likeness (QED) is 0.317. The number of ether oxygens (including phenoxy) is 1. The number of hydrogen-bond donors (Lipinski definition) is 1. The molecule has 0 aliphatic rings. The van der Waals surface area contributed by atoms with E-state index in [1.165, 1.54) is 17.0 Å². The highest BCUT2D eigenvalue weighted by Crippen LogP contribution is 2.27. The summed E-state index contributed by atoms with van der Waals surface area (Å²) in [5, 5.41) is 2.91. The zero-order valence-electron chi connectivity index (χ0n) is 23.8. The molecule has 0 fully saturated rings. The van der Waals surface area contributed by atoms with Crippen molar-refractivity contribution >= 4 is 27.5 Å². The van der Waals surface area contributed by atoms with Crippen LogP contribution >= 0.6 is 0 Å². The lowest BCUT2D eigenvalue weighted by Crippen LogP contribution is -2.53. The number of nitrogens with one attached hydrogen (secondary N) is 1. The fourth-order valence-electron chi connectivity index (χ4n) is 4.39. The summed E-state index contributed by atoms with van der Waals surface area (Å²) in [5.41, 5.74) is 2.17. The van der Waals surface area contributed by atoms with Gasteiger partial charge in [0.2, 0.25) is 11.8 Å². The Morgan fingerprint density at radius 2 is 1.52 bits per heavy atom. The summed E-state index contributed by atoms with van der Waals surface area (Å²) in [6.45, 7) is 9.51. The molecule has 0 unspecified atom stereocenters. The second kappa shape index (κ2) is 14.0. The molecular weight excluding hydrogens is 526 g/mol. The van der Waals surface area contributed by atoms with E-state index in [4.69, 9.17) is 4.74 Å². The molecule has 1 atom stereocenters. The average Bonchev–Trinajstić information content (AvgIpc) is 2.93. The summed E-state index contributed by atoms with van der Waals surface area (Å²) in [6.07, 6.45) is 0.366. The van der Waals surface area contributed by atoms with Crippen molar-refractivity contribution in [3.63, 3.8) is 0 Å². The van der Waals surface area contributed by atoms with E-state index in [2.05, 4.69) is 5.32 Å². The molecule has 0 aromatic heterocycles. The Morgan fingerprint density at radius 3 is 2.10 bits per heavy atom. The van der Waals surface area contributed by atoms with Gasteiger partial charge in [-0.25, -0.2) is 8.42 Å². The van der Waals surface area contributed by atoms with Gasteiger partial charge in [-0.2, -0.15) is 0 Å². The first-order chi connectivity index (χ1) is 19.1. The molecule has 0 bridgehead atoms. The predicted molar refractivity (Wildman–Crippen MR) is 158 cm³/mol. The molecule has 0 saturated heterocycles. The van der Waals surface area contributed by atoms with E-state index in [-0.39, 0.29) is 23.4 Å². The standard InChI is InChI=1S/C31H39N3O5S/c1-6-29(31(36)32-23(3)4)33(21-25-14-12-11-13-24(25)5)30(35)22-34(26-17-19-27(20-18-26)39-7-2)40(37,38)28-15-9-8-10-16-28/h8-20,23,29H,6-7,21-22H2,1-5H3,(H,32,36)/t29-/m1/s1. The summed E-state index contributed by atoms with van der Waals surface area (Å²) >= 11 is 0. The summed E-state index contributed by atoms with van der Waals surface area (Å²) in [4.78, 5) is 28.9. The van der Waals surface area contributed by atoms with Crippen LogP contribution in [0.3, 0.4) is 0 Å². The van der Waals surface area contributed by atoms with Crippen molar-refractivity contribution in [1.82, 2.24) is 10.2 Å². The maximum atomic E-state index is 14.1. The van der Waals surface area contributed by atoms with Crippen LogP contribution in [0.2, 0.25) is 0 Å². The van der Waals surface area contributed by atoms with Gasteiger partial charge in [0.15, 0.2) is 0 Å². The van der Waals surface area contributed by atoms with Gasteiger partial charge in [-0.1, -0.05) is 49.4 Å². The molecule has 8 nitrogen and oxygen atoms in total. The summed E-state index contributed by atoms with van der Waals surface area (Å²) in [6, 6.07) is 21.3. The number of amides is 2. The number of anilines is 1. The van der Waals surface area contributed by atoms with Gasteiger partial charge < -0.3 is 15.0 Å². The van der Waals surface area contributed by atoms with Gasteiger partial charge in [0.05, 0.1) is 17.2 Å². The molecule has 3 aromatic rings. The predicted octanol–water partition coefficient (Wildman–Crippen LogP) is 4.92. The van der Waals surface area contributed by atoms with E-state index < -0.39 is 28.5 Å². The highest BCUT2D eigenvalue weighted by atomic mass is 32.2. The molecule has 9 heteroatoms. The molecule has 0 aliphatic heterocycles. The number of carbonyl (C=O) groups excluding carboxylic acids is 2. The smallest absolute Gasteiger partial charge is 0.264 e. The molecular formula is C31H39N3O5S. The highest BCUT2D eigenvalue weighted by Gasteiger charge is 2.34. The average molecular weight is 566 g/mol. The van der Waals surface area contributed by atoms with Crippen LogP contribution in [0.1, 0.15) is 45.2 Å². The Bertz CT molecular complexity index is 1380. The van der Waals surface area contributed by atoms with Crippen molar-refractivity contribution in [1.29, 1.82) is 0 Å². The molecule has 40 heavy (non-hydrogen) atoms. The lowest BCUT2D eigenvalue weighted by atomic mass is 10.1. The number of nitrogens with zero attached hydrogens (tertiary/aromatic N) is 2. The first kappa shape index (κ1) is 30.7. The van der Waals surface area contributed by atoms with Crippen molar-refractivity contribution < 1.29 is 22.7 Å². The molecule has 3 rings (SSSR count). The van der Waals surface area contributed by atoms with Crippen molar-refractivity contribution in [2.75, 3.05) is 17.5 Å². The van der Waals surface area contributed by atoms with Gasteiger partial charge in [-0.3, -0.25) is 13.9 Å². The van der Waals surface area contributed by atoms with Crippen molar-refractivity contribution in [2.24, 2.45) is 0 Å². The minimum Gasteiger partial charge on any atom is -0.494 e. The molecule has 0 spiro atoms. The number of hydrogen-bond acceptors (Lipinski definition) is 5. The molecule has 3 aromatic carbocycles. The summed E-state index contributed by atoms with van der Waals surface area (Å²) in [5.74, 6) is -0.174. The van der Waals surface area contributed by atoms with Crippen molar-refractivity contribution in [3.05, 3.63) is 90.0 Å². The molecule has 0 saturated carbocycles.